The molecule has 0 N–H and O–H groups in total. The highest BCUT2D eigenvalue weighted by atomic mass is 127. The third kappa shape index (κ3) is 4.64. The first-order valence-electron chi connectivity index (χ1n) is 7.74. The molecule has 1 aromatic carbocycles. The van der Waals surface area contributed by atoms with Crippen molar-refractivity contribution in [1.82, 2.24) is 0 Å². The molecule has 1 rings (SSSR count). The van der Waals surface area contributed by atoms with Gasteiger partial charge in [-0.05, 0) is 70.9 Å². The first kappa shape index (κ1) is 17.8. The van der Waals surface area contributed by atoms with Crippen molar-refractivity contribution in [3.05, 3.63) is 26.8 Å². The predicted octanol–water partition coefficient (Wildman–Crippen LogP) is 6.32. The number of benzene rings is 1. The molecule has 1 aromatic rings. The van der Waals surface area contributed by atoms with E-state index in [1.807, 2.05) is 0 Å². The maximum absolute atomic E-state index is 5.89. The van der Waals surface area contributed by atoms with Gasteiger partial charge in [0.15, 0.2) is 0 Å². The van der Waals surface area contributed by atoms with Crippen molar-refractivity contribution in [3.63, 3.8) is 0 Å². The summed E-state index contributed by atoms with van der Waals surface area (Å²) in [4.78, 5) is 0. The molecule has 0 aliphatic heterocycles. The highest BCUT2D eigenvalue weighted by molar-refractivity contribution is 14.1. The van der Waals surface area contributed by atoms with Crippen LogP contribution in [-0.4, -0.2) is 6.61 Å². The van der Waals surface area contributed by atoms with Gasteiger partial charge in [0, 0.05) is 0 Å². The predicted molar refractivity (Wildman–Crippen MR) is 96.8 cm³/mol. The molecule has 0 fully saturated rings. The molecule has 0 spiro atoms. The maximum Gasteiger partial charge on any atom is 0.135 e. The second kappa shape index (κ2) is 7.67. The summed E-state index contributed by atoms with van der Waals surface area (Å²) in [6.07, 6.45) is 3.53. The fraction of sp³-hybridized carbons (Fsp3) is 0.667. The van der Waals surface area contributed by atoms with Gasteiger partial charge in [0.05, 0.1) is 10.2 Å². The van der Waals surface area contributed by atoms with E-state index in [4.69, 9.17) is 4.74 Å². The number of rotatable bonds is 6. The average molecular weight is 388 g/mol. The van der Waals surface area contributed by atoms with Gasteiger partial charge in [0.2, 0.25) is 0 Å². The Kier molecular flexibility index (Phi) is 6.83. The van der Waals surface area contributed by atoms with E-state index in [0.717, 1.165) is 18.8 Å². The van der Waals surface area contributed by atoms with Crippen molar-refractivity contribution in [2.24, 2.45) is 5.41 Å². The van der Waals surface area contributed by atoms with Crippen LogP contribution in [0, 0.1) is 15.9 Å². The quantitative estimate of drug-likeness (QED) is 0.519. The van der Waals surface area contributed by atoms with Crippen LogP contribution in [0.4, 0.5) is 0 Å². The third-order valence-electron chi connectivity index (χ3n) is 3.73. The standard InChI is InChI=1S/C18H29IO/c1-7-9-15(18(4,5)6)14-11-13(3)17(16(19)12-14)20-10-8-2/h11-12,15H,7-10H2,1-6H3. The van der Waals surface area contributed by atoms with Crippen molar-refractivity contribution in [2.75, 3.05) is 6.61 Å². The number of aryl methyl sites for hydroxylation is 1. The highest BCUT2D eigenvalue weighted by Crippen LogP contribution is 2.41. The van der Waals surface area contributed by atoms with E-state index in [9.17, 15) is 0 Å². The highest BCUT2D eigenvalue weighted by Gasteiger charge is 2.26. The Morgan fingerprint density at radius 3 is 2.25 bits per heavy atom. The van der Waals surface area contributed by atoms with Gasteiger partial charge in [0.25, 0.3) is 0 Å². The van der Waals surface area contributed by atoms with Gasteiger partial charge in [-0.15, -0.1) is 0 Å². The van der Waals surface area contributed by atoms with E-state index in [-0.39, 0.29) is 0 Å². The zero-order valence-corrected chi connectivity index (χ0v) is 16.0. The van der Waals surface area contributed by atoms with Crippen LogP contribution in [0.25, 0.3) is 0 Å². The van der Waals surface area contributed by atoms with E-state index in [2.05, 4.69) is 76.3 Å². The van der Waals surface area contributed by atoms with Crippen molar-refractivity contribution >= 4 is 22.6 Å². The summed E-state index contributed by atoms with van der Waals surface area (Å²) in [5, 5.41) is 0. The summed E-state index contributed by atoms with van der Waals surface area (Å²) >= 11 is 2.42. The second-order valence-electron chi connectivity index (χ2n) is 6.70. The molecule has 0 amide bonds. The second-order valence-corrected chi connectivity index (χ2v) is 7.87. The first-order chi connectivity index (χ1) is 9.31. The van der Waals surface area contributed by atoms with Gasteiger partial charge in [-0.3, -0.25) is 0 Å². The molecule has 0 bridgehead atoms. The minimum Gasteiger partial charge on any atom is -0.492 e. The fourth-order valence-electron chi connectivity index (χ4n) is 2.73. The van der Waals surface area contributed by atoms with Crippen LogP contribution in [0.5, 0.6) is 5.75 Å². The number of hydrogen-bond donors (Lipinski definition) is 0. The largest absolute Gasteiger partial charge is 0.492 e. The van der Waals surface area contributed by atoms with Gasteiger partial charge in [-0.2, -0.15) is 0 Å². The Bertz CT molecular complexity index is 409. The topological polar surface area (TPSA) is 9.23 Å². The lowest BCUT2D eigenvalue weighted by Gasteiger charge is -2.32. The zero-order chi connectivity index (χ0) is 15.3. The van der Waals surface area contributed by atoms with Crippen LogP contribution in [0.1, 0.15) is 70.9 Å². The lowest BCUT2D eigenvalue weighted by molar-refractivity contribution is 0.299. The minimum absolute atomic E-state index is 0.303. The van der Waals surface area contributed by atoms with E-state index >= 15 is 0 Å². The molecule has 0 saturated heterocycles. The Morgan fingerprint density at radius 1 is 1.15 bits per heavy atom. The zero-order valence-electron chi connectivity index (χ0n) is 13.8. The summed E-state index contributed by atoms with van der Waals surface area (Å²) in [6, 6.07) is 4.66. The molecular formula is C18H29IO. The van der Waals surface area contributed by atoms with Gasteiger partial charge in [0.1, 0.15) is 5.75 Å². The molecular weight excluding hydrogens is 359 g/mol. The van der Waals surface area contributed by atoms with Crippen molar-refractivity contribution in [3.8, 4) is 5.75 Å². The SMILES string of the molecule is CCCOc1c(C)cc(C(CCC)C(C)(C)C)cc1I. The molecule has 20 heavy (non-hydrogen) atoms. The fourth-order valence-corrected chi connectivity index (χ4v) is 3.67. The first-order valence-corrected chi connectivity index (χ1v) is 8.82. The third-order valence-corrected chi connectivity index (χ3v) is 4.53. The van der Waals surface area contributed by atoms with E-state index in [1.54, 1.807) is 0 Å². The Morgan fingerprint density at radius 2 is 1.80 bits per heavy atom. The lowest BCUT2D eigenvalue weighted by atomic mass is 9.74. The summed E-state index contributed by atoms with van der Waals surface area (Å²) in [5.41, 5.74) is 3.04. The van der Waals surface area contributed by atoms with Crippen LogP contribution < -0.4 is 4.74 Å². The van der Waals surface area contributed by atoms with E-state index in [1.165, 1.54) is 27.5 Å². The normalized spacial score (nSPS) is 13.3. The molecule has 1 nitrogen and oxygen atoms in total. The summed E-state index contributed by atoms with van der Waals surface area (Å²) in [5.74, 6) is 1.68. The number of halogens is 1. The van der Waals surface area contributed by atoms with E-state index < -0.39 is 0 Å². The van der Waals surface area contributed by atoms with Crippen LogP contribution in [0.3, 0.4) is 0 Å². The van der Waals surface area contributed by atoms with Crippen molar-refractivity contribution in [2.45, 2.75) is 66.7 Å². The van der Waals surface area contributed by atoms with Crippen molar-refractivity contribution < 1.29 is 4.74 Å². The molecule has 0 aromatic heterocycles. The summed E-state index contributed by atoms with van der Waals surface area (Å²) < 4.78 is 7.14. The van der Waals surface area contributed by atoms with Gasteiger partial charge in [-0.1, -0.05) is 47.1 Å². The summed E-state index contributed by atoms with van der Waals surface area (Å²) in [7, 11) is 0. The Balaban J connectivity index is 3.13. The van der Waals surface area contributed by atoms with Gasteiger partial charge >= 0.3 is 0 Å². The van der Waals surface area contributed by atoms with Crippen LogP contribution >= 0.6 is 22.6 Å². The van der Waals surface area contributed by atoms with Gasteiger partial charge in [-0.25, -0.2) is 0 Å². The minimum atomic E-state index is 0.303. The molecule has 0 aliphatic carbocycles. The Hall–Kier alpha value is -0.250. The molecule has 0 saturated carbocycles. The van der Waals surface area contributed by atoms with E-state index in [0.29, 0.717) is 11.3 Å². The number of ether oxygens (including phenoxy) is 1. The van der Waals surface area contributed by atoms with Crippen LogP contribution in [0.15, 0.2) is 12.1 Å². The molecule has 0 aliphatic rings. The molecule has 0 radical (unpaired) electrons. The average Bonchev–Trinajstić information content (AvgIpc) is 2.33. The molecule has 1 atom stereocenters. The lowest BCUT2D eigenvalue weighted by Crippen LogP contribution is -2.19. The van der Waals surface area contributed by atoms with Crippen molar-refractivity contribution in [1.29, 1.82) is 0 Å². The summed E-state index contributed by atoms with van der Waals surface area (Å²) in [6.45, 7) is 14.4. The molecule has 0 heterocycles. The maximum atomic E-state index is 5.89. The molecule has 2 heteroatoms. The molecule has 114 valence electrons. The monoisotopic (exact) mass is 388 g/mol. The Labute approximate surface area is 138 Å². The van der Waals surface area contributed by atoms with Gasteiger partial charge < -0.3 is 4.74 Å². The molecule has 1 unspecified atom stereocenters. The smallest absolute Gasteiger partial charge is 0.135 e. The van der Waals surface area contributed by atoms with Crippen LogP contribution in [-0.2, 0) is 0 Å². The van der Waals surface area contributed by atoms with Crippen LogP contribution in [0.2, 0.25) is 0 Å². The number of hydrogen-bond acceptors (Lipinski definition) is 1.